The van der Waals surface area contributed by atoms with Crippen LogP contribution in [0.1, 0.15) is 30.6 Å². The summed E-state index contributed by atoms with van der Waals surface area (Å²) in [7, 11) is 5.69. The minimum absolute atomic E-state index is 0.0668. The molecule has 0 fully saturated rings. The molecule has 3 aromatic rings. The van der Waals surface area contributed by atoms with Crippen LogP contribution in [0.4, 0.5) is 5.13 Å². The first kappa shape index (κ1) is 22.1. The summed E-state index contributed by atoms with van der Waals surface area (Å²) in [6.07, 6.45) is 0.937. The average molecular weight is 428 g/mol. The third-order valence-electron chi connectivity index (χ3n) is 4.53. The third kappa shape index (κ3) is 5.29. The highest BCUT2D eigenvalue weighted by Crippen LogP contribution is 2.34. The van der Waals surface area contributed by atoms with E-state index in [0.29, 0.717) is 23.0 Å². The summed E-state index contributed by atoms with van der Waals surface area (Å²) in [6, 6.07) is 13.1. The van der Waals surface area contributed by atoms with Gasteiger partial charge in [-0.05, 0) is 77.3 Å². The Bertz CT molecular complexity index is 983. The number of hydrogen-bond acceptors (Lipinski definition) is 6. The van der Waals surface area contributed by atoms with E-state index in [0.717, 1.165) is 28.9 Å². The molecule has 1 amide bonds. The van der Waals surface area contributed by atoms with Crippen molar-refractivity contribution < 1.29 is 14.3 Å². The van der Waals surface area contributed by atoms with Crippen LogP contribution in [0.25, 0.3) is 10.2 Å². The Labute approximate surface area is 182 Å². The van der Waals surface area contributed by atoms with E-state index in [1.807, 2.05) is 70.4 Å². The van der Waals surface area contributed by atoms with Crippen molar-refractivity contribution in [2.75, 3.05) is 39.2 Å². The molecule has 0 spiro atoms. The summed E-state index contributed by atoms with van der Waals surface area (Å²) >= 11 is 1.50. The van der Waals surface area contributed by atoms with Crippen molar-refractivity contribution in [1.82, 2.24) is 9.88 Å². The summed E-state index contributed by atoms with van der Waals surface area (Å²) in [4.78, 5) is 22.0. The Morgan fingerprint density at radius 2 is 1.83 bits per heavy atom. The van der Waals surface area contributed by atoms with Gasteiger partial charge >= 0.3 is 0 Å². The number of thiazole rings is 1. The first-order chi connectivity index (χ1) is 14.4. The van der Waals surface area contributed by atoms with Crippen LogP contribution in [0.3, 0.4) is 0 Å². The van der Waals surface area contributed by atoms with E-state index in [4.69, 9.17) is 14.5 Å². The van der Waals surface area contributed by atoms with Gasteiger partial charge in [0.2, 0.25) is 0 Å². The van der Waals surface area contributed by atoms with Gasteiger partial charge < -0.3 is 14.4 Å². The Hall–Kier alpha value is -2.64. The van der Waals surface area contributed by atoms with E-state index < -0.39 is 0 Å². The van der Waals surface area contributed by atoms with Gasteiger partial charge in [0, 0.05) is 12.1 Å². The van der Waals surface area contributed by atoms with Gasteiger partial charge in [-0.15, -0.1) is 0 Å². The van der Waals surface area contributed by atoms with Gasteiger partial charge in [0.05, 0.1) is 17.9 Å². The second kappa shape index (κ2) is 9.91. The zero-order valence-electron chi connectivity index (χ0n) is 18.2. The van der Waals surface area contributed by atoms with Crippen molar-refractivity contribution in [3.8, 4) is 11.5 Å². The molecule has 0 aliphatic carbocycles. The minimum Gasteiger partial charge on any atom is -0.494 e. The molecule has 3 rings (SSSR count). The van der Waals surface area contributed by atoms with Crippen LogP contribution in [0, 0.1) is 0 Å². The second-order valence-electron chi connectivity index (χ2n) is 7.61. The van der Waals surface area contributed by atoms with Crippen LogP contribution < -0.4 is 14.4 Å². The number of benzene rings is 2. The van der Waals surface area contributed by atoms with Gasteiger partial charge in [-0.2, -0.15) is 0 Å². The molecular formula is C23H29N3O3S. The van der Waals surface area contributed by atoms with Crippen molar-refractivity contribution in [1.29, 1.82) is 0 Å². The van der Waals surface area contributed by atoms with Crippen molar-refractivity contribution >= 4 is 32.6 Å². The van der Waals surface area contributed by atoms with E-state index >= 15 is 0 Å². The van der Waals surface area contributed by atoms with E-state index in [2.05, 4.69) is 4.90 Å². The lowest BCUT2D eigenvalue weighted by molar-refractivity contribution is 0.0986. The summed E-state index contributed by atoms with van der Waals surface area (Å²) in [6.45, 7) is 5.43. The SMILES string of the molecule is COc1cccc2sc(N(CCCN(C)C)C(=O)c3ccc(OC(C)C)cc3)nc12. The van der Waals surface area contributed by atoms with Crippen LogP contribution in [0.15, 0.2) is 42.5 Å². The normalized spacial score (nSPS) is 11.3. The predicted molar refractivity (Wildman–Crippen MR) is 123 cm³/mol. The molecule has 1 heterocycles. The number of nitrogens with zero attached hydrogens (tertiary/aromatic N) is 3. The molecule has 0 radical (unpaired) electrons. The molecule has 2 aromatic carbocycles. The van der Waals surface area contributed by atoms with E-state index in [1.165, 1.54) is 11.3 Å². The lowest BCUT2D eigenvalue weighted by atomic mass is 10.2. The zero-order valence-corrected chi connectivity index (χ0v) is 19.0. The van der Waals surface area contributed by atoms with E-state index in [1.54, 1.807) is 12.0 Å². The monoisotopic (exact) mass is 427 g/mol. The molecule has 7 heteroatoms. The Kier molecular flexibility index (Phi) is 7.29. The van der Waals surface area contributed by atoms with Gasteiger partial charge in [-0.25, -0.2) is 4.98 Å². The number of ether oxygens (including phenoxy) is 2. The number of anilines is 1. The van der Waals surface area contributed by atoms with Crippen LogP contribution in [-0.4, -0.2) is 56.2 Å². The fraction of sp³-hybridized carbons (Fsp3) is 0.391. The van der Waals surface area contributed by atoms with E-state index in [-0.39, 0.29) is 12.0 Å². The van der Waals surface area contributed by atoms with Gasteiger partial charge in [-0.3, -0.25) is 9.69 Å². The standard InChI is InChI=1S/C23H29N3O3S/c1-16(2)29-18-12-10-17(11-13-18)22(27)26(15-7-14-25(3)4)23-24-21-19(28-5)8-6-9-20(21)30-23/h6,8-13,16H,7,14-15H2,1-5H3. The Morgan fingerprint density at radius 1 is 1.10 bits per heavy atom. The topological polar surface area (TPSA) is 54.9 Å². The maximum absolute atomic E-state index is 13.4. The summed E-state index contributed by atoms with van der Waals surface area (Å²) < 4.78 is 12.1. The number of carbonyl (C=O) groups is 1. The third-order valence-corrected chi connectivity index (χ3v) is 5.57. The van der Waals surface area contributed by atoms with Crippen molar-refractivity contribution in [2.24, 2.45) is 0 Å². The van der Waals surface area contributed by atoms with Crippen LogP contribution in [-0.2, 0) is 0 Å². The highest BCUT2D eigenvalue weighted by molar-refractivity contribution is 7.22. The molecule has 0 unspecified atom stereocenters. The van der Waals surface area contributed by atoms with Gasteiger partial charge in [0.1, 0.15) is 17.0 Å². The molecule has 0 bridgehead atoms. The van der Waals surface area contributed by atoms with E-state index in [9.17, 15) is 4.79 Å². The molecule has 160 valence electrons. The molecule has 0 aliphatic heterocycles. The largest absolute Gasteiger partial charge is 0.494 e. The first-order valence-electron chi connectivity index (χ1n) is 10.1. The molecule has 1 aromatic heterocycles. The maximum atomic E-state index is 13.4. The van der Waals surface area contributed by atoms with Crippen LogP contribution >= 0.6 is 11.3 Å². The second-order valence-corrected chi connectivity index (χ2v) is 8.62. The minimum atomic E-state index is -0.0668. The van der Waals surface area contributed by atoms with Gasteiger partial charge in [-0.1, -0.05) is 17.4 Å². The number of methoxy groups -OCH3 is 1. The summed E-state index contributed by atoms with van der Waals surface area (Å²) in [5.41, 5.74) is 1.40. The fourth-order valence-corrected chi connectivity index (χ4v) is 4.13. The highest BCUT2D eigenvalue weighted by Gasteiger charge is 2.22. The number of amides is 1. The summed E-state index contributed by atoms with van der Waals surface area (Å²) in [5.74, 6) is 1.40. The Balaban J connectivity index is 1.91. The molecule has 0 saturated carbocycles. The average Bonchev–Trinajstić information content (AvgIpc) is 3.14. The number of fused-ring (bicyclic) bond motifs is 1. The fourth-order valence-electron chi connectivity index (χ4n) is 3.12. The number of aromatic nitrogens is 1. The quantitative estimate of drug-likeness (QED) is 0.496. The Morgan fingerprint density at radius 3 is 2.47 bits per heavy atom. The molecule has 0 saturated heterocycles. The predicted octanol–water partition coefficient (Wildman–Crippen LogP) is 4.69. The van der Waals surface area contributed by atoms with Gasteiger partial charge in [0.15, 0.2) is 5.13 Å². The van der Waals surface area contributed by atoms with Crippen LogP contribution in [0.2, 0.25) is 0 Å². The number of para-hydroxylation sites is 1. The summed E-state index contributed by atoms with van der Waals surface area (Å²) in [5, 5.41) is 0.681. The van der Waals surface area contributed by atoms with Crippen molar-refractivity contribution in [3.63, 3.8) is 0 Å². The van der Waals surface area contributed by atoms with Gasteiger partial charge in [0.25, 0.3) is 5.91 Å². The van der Waals surface area contributed by atoms with Crippen molar-refractivity contribution in [3.05, 3.63) is 48.0 Å². The lowest BCUT2D eigenvalue weighted by Crippen LogP contribution is -2.33. The lowest BCUT2D eigenvalue weighted by Gasteiger charge is -2.21. The van der Waals surface area contributed by atoms with Crippen molar-refractivity contribution in [2.45, 2.75) is 26.4 Å². The molecule has 30 heavy (non-hydrogen) atoms. The number of hydrogen-bond donors (Lipinski definition) is 0. The zero-order chi connectivity index (χ0) is 21.7. The smallest absolute Gasteiger partial charge is 0.260 e. The maximum Gasteiger partial charge on any atom is 0.260 e. The molecule has 0 N–H and O–H groups in total. The molecular weight excluding hydrogens is 398 g/mol. The number of rotatable bonds is 9. The first-order valence-corrected chi connectivity index (χ1v) is 10.9. The molecule has 0 atom stereocenters. The molecule has 6 nitrogen and oxygen atoms in total. The van der Waals surface area contributed by atoms with Crippen LogP contribution in [0.5, 0.6) is 11.5 Å². The highest BCUT2D eigenvalue weighted by atomic mass is 32.1. The molecule has 0 aliphatic rings. The number of carbonyl (C=O) groups excluding carboxylic acids is 1.